The van der Waals surface area contributed by atoms with Crippen LogP contribution in [0.4, 0.5) is 0 Å². The summed E-state index contributed by atoms with van der Waals surface area (Å²) in [5.41, 5.74) is 5.64. The topological polar surface area (TPSA) is 83.6 Å². The van der Waals surface area contributed by atoms with Gasteiger partial charge in [-0.2, -0.15) is 0 Å². The third kappa shape index (κ3) is 2.29. The lowest BCUT2D eigenvalue weighted by molar-refractivity contribution is -0.141. The number of likely N-dealkylation sites (tertiary alicyclic amines) is 1. The first-order chi connectivity index (χ1) is 7.93. The summed E-state index contributed by atoms with van der Waals surface area (Å²) in [5.74, 6) is -0.931. The predicted molar refractivity (Wildman–Crippen MR) is 62.3 cm³/mol. The van der Waals surface area contributed by atoms with Crippen LogP contribution in [0.2, 0.25) is 0 Å². The first kappa shape index (κ1) is 12.4. The molecule has 0 bridgehead atoms. The molecular weight excluding hydrogens is 220 g/mol. The predicted octanol–water partition coefficient (Wildman–Crippen LogP) is 0.437. The van der Waals surface area contributed by atoms with E-state index in [1.807, 2.05) is 0 Å². The maximum absolute atomic E-state index is 11.8. The van der Waals surface area contributed by atoms with Gasteiger partial charge in [0, 0.05) is 13.1 Å². The van der Waals surface area contributed by atoms with Crippen LogP contribution in [-0.2, 0) is 9.59 Å². The van der Waals surface area contributed by atoms with Crippen LogP contribution in [-0.4, -0.2) is 41.0 Å². The van der Waals surface area contributed by atoms with Crippen molar-refractivity contribution in [3.8, 4) is 0 Å². The molecule has 17 heavy (non-hydrogen) atoms. The number of nitrogens with zero attached hydrogens (tertiary/aromatic N) is 1. The van der Waals surface area contributed by atoms with Crippen molar-refractivity contribution in [3.05, 3.63) is 0 Å². The van der Waals surface area contributed by atoms with E-state index in [1.165, 1.54) is 0 Å². The Balaban J connectivity index is 1.98. The molecule has 2 fully saturated rings. The van der Waals surface area contributed by atoms with Crippen molar-refractivity contribution in [2.45, 2.75) is 38.6 Å². The highest BCUT2D eigenvalue weighted by Crippen LogP contribution is 2.48. The number of carboxylic acid groups (broad SMARTS) is 1. The van der Waals surface area contributed by atoms with Gasteiger partial charge in [0.05, 0.1) is 12.0 Å². The summed E-state index contributed by atoms with van der Waals surface area (Å²) < 4.78 is 0. The highest BCUT2D eigenvalue weighted by atomic mass is 16.4. The Hall–Kier alpha value is -1.10. The third-order valence-corrected chi connectivity index (χ3v) is 4.19. The molecule has 1 aliphatic heterocycles. The lowest BCUT2D eigenvalue weighted by Crippen LogP contribution is -2.41. The summed E-state index contributed by atoms with van der Waals surface area (Å²) in [6, 6.07) is -0.457. The van der Waals surface area contributed by atoms with Gasteiger partial charge >= 0.3 is 5.97 Å². The minimum absolute atomic E-state index is 0.0133. The molecule has 3 N–H and O–H groups in total. The van der Waals surface area contributed by atoms with Crippen LogP contribution in [0.1, 0.15) is 32.6 Å². The number of hydrogen-bond acceptors (Lipinski definition) is 3. The van der Waals surface area contributed by atoms with Gasteiger partial charge in [-0.05, 0) is 38.0 Å². The maximum Gasteiger partial charge on any atom is 0.306 e. The second kappa shape index (κ2) is 4.29. The summed E-state index contributed by atoms with van der Waals surface area (Å²) in [4.78, 5) is 24.6. The summed E-state index contributed by atoms with van der Waals surface area (Å²) in [5, 5.41) is 9.02. The molecule has 2 rings (SSSR count). The number of rotatable bonds is 2. The largest absolute Gasteiger partial charge is 0.481 e. The molecule has 0 aromatic heterocycles. The minimum atomic E-state index is -0.696. The van der Waals surface area contributed by atoms with E-state index < -0.39 is 12.0 Å². The molecule has 1 saturated heterocycles. The van der Waals surface area contributed by atoms with Crippen molar-refractivity contribution in [1.82, 2.24) is 4.90 Å². The maximum atomic E-state index is 11.8. The van der Waals surface area contributed by atoms with E-state index in [-0.39, 0.29) is 17.2 Å². The fourth-order valence-electron chi connectivity index (χ4n) is 3.20. The van der Waals surface area contributed by atoms with Crippen molar-refractivity contribution in [2.75, 3.05) is 13.1 Å². The van der Waals surface area contributed by atoms with Crippen molar-refractivity contribution in [1.29, 1.82) is 0 Å². The molecular formula is C12H20N2O3. The number of amides is 1. The van der Waals surface area contributed by atoms with Gasteiger partial charge in [0.2, 0.25) is 5.91 Å². The SMILES string of the molecule is C[C@H](N)C(=O)N1CC[C@]2(CC[C@H](C(=O)O)C2)C1. The number of hydrogen-bond donors (Lipinski definition) is 2. The summed E-state index contributed by atoms with van der Waals surface area (Å²) >= 11 is 0. The van der Waals surface area contributed by atoms with Gasteiger partial charge in [-0.3, -0.25) is 9.59 Å². The molecule has 96 valence electrons. The number of carboxylic acids is 1. The first-order valence-corrected chi connectivity index (χ1v) is 6.21. The Bertz CT molecular complexity index is 343. The van der Waals surface area contributed by atoms with E-state index in [4.69, 9.17) is 10.8 Å². The molecule has 1 saturated carbocycles. The van der Waals surface area contributed by atoms with Crippen LogP contribution in [0.3, 0.4) is 0 Å². The first-order valence-electron chi connectivity index (χ1n) is 6.21. The van der Waals surface area contributed by atoms with E-state index >= 15 is 0 Å². The van der Waals surface area contributed by atoms with Gasteiger partial charge in [0.15, 0.2) is 0 Å². The van der Waals surface area contributed by atoms with Crippen LogP contribution in [0, 0.1) is 11.3 Å². The van der Waals surface area contributed by atoms with Crippen LogP contribution in [0.5, 0.6) is 0 Å². The minimum Gasteiger partial charge on any atom is -0.481 e. The fourth-order valence-corrected chi connectivity index (χ4v) is 3.20. The average molecular weight is 240 g/mol. The van der Waals surface area contributed by atoms with Gasteiger partial charge in [-0.25, -0.2) is 0 Å². The zero-order chi connectivity index (χ0) is 12.6. The quantitative estimate of drug-likeness (QED) is 0.733. The average Bonchev–Trinajstić information content (AvgIpc) is 2.86. The zero-order valence-corrected chi connectivity index (χ0v) is 10.2. The normalized spacial score (nSPS) is 34.2. The van der Waals surface area contributed by atoms with E-state index in [9.17, 15) is 9.59 Å². The molecule has 3 atom stereocenters. The second-order valence-corrected chi connectivity index (χ2v) is 5.58. The van der Waals surface area contributed by atoms with Crippen LogP contribution in [0.15, 0.2) is 0 Å². The van der Waals surface area contributed by atoms with Crippen molar-refractivity contribution >= 4 is 11.9 Å². The Morgan fingerprint density at radius 3 is 2.71 bits per heavy atom. The van der Waals surface area contributed by atoms with Gasteiger partial charge in [-0.1, -0.05) is 0 Å². The molecule has 0 aromatic carbocycles. The Kier molecular flexibility index (Phi) is 3.12. The Morgan fingerprint density at radius 1 is 1.47 bits per heavy atom. The Labute approximate surface area is 101 Å². The molecule has 0 unspecified atom stereocenters. The van der Waals surface area contributed by atoms with Crippen LogP contribution >= 0.6 is 0 Å². The van der Waals surface area contributed by atoms with Gasteiger partial charge in [0.1, 0.15) is 0 Å². The monoisotopic (exact) mass is 240 g/mol. The standard InChI is InChI=1S/C12H20N2O3/c1-8(13)10(15)14-5-4-12(7-14)3-2-9(6-12)11(16)17/h8-9H,2-7,13H2,1H3,(H,16,17)/t8-,9-,12-/m0/s1. The summed E-state index contributed by atoms with van der Waals surface area (Å²) in [6.45, 7) is 3.12. The molecule has 1 aliphatic carbocycles. The van der Waals surface area contributed by atoms with E-state index in [0.29, 0.717) is 13.0 Å². The van der Waals surface area contributed by atoms with Crippen LogP contribution in [0.25, 0.3) is 0 Å². The molecule has 0 radical (unpaired) electrons. The van der Waals surface area contributed by atoms with E-state index in [0.717, 1.165) is 25.8 Å². The lowest BCUT2D eigenvalue weighted by Gasteiger charge is -2.24. The van der Waals surface area contributed by atoms with Gasteiger partial charge in [-0.15, -0.1) is 0 Å². The number of nitrogens with two attached hydrogens (primary N) is 1. The Morgan fingerprint density at radius 2 is 2.18 bits per heavy atom. The number of carbonyl (C=O) groups excluding carboxylic acids is 1. The molecule has 1 amide bonds. The molecule has 2 aliphatic rings. The molecule has 1 spiro atoms. The number of carbonyl (C=O) groups is 2. The number of aliphatic carboxylic acids is 1. The van der Waals surface area contributed by atoms with Crippen LogP contribution < -0.4 is 5.73 Å². The van der Waals surface area contributed by atoms with Crippen molar-refractivity contribution < 1.29 is 14.7 Å². The zero-order valence-electron chi connectivity index (χ0n) is 10.2. The van der Waals surface area contributed by atoms with Gasteiger partial charge < -0.3 is 15.7 Å². The second-order valence-electron chi connectivity index (χ2n) is 5.58. The summed E-state index contributed by atoms with van der Waals surface area (Å²) in [6.07, 6.45) is 3.31. The highest BCUT2D eigenvalue weighted by Gasteiger charge is 2.47. The molecule has 5 nitrogen and oxygen atoms in total. The smallest absolute Gasteiger partial charge is 0.306 e. The molecule has 5 heteroatoms. The fraction of sp³-hybridized carbons (Fsp3) is 0.833. The summed E-state index contributed by atoms with van der Waals surface area (Å²) in [7, 11) is 0. The molecule has 0 aromatic rings. The third-order valence-electron chi connectivity index (χ3n) is 4.19. The van der Waals surface area contributed by atoms with Gasteiger partial charge in [0.25, 0.3) is 0 Å². The van der Waals surface area contributed by atoms with E-state index in [2.05, 4.69) is 0 Å². The highest BCUT2D eigenvalue weighted by molar-refractivity contribution is 5.81. The van der Waals surface area contributed by atoms with Crippen molar-refractivity contribution in [2.24, 2.45) is 17.1 Å². The van der Waals surface area contributed by atoms with Crippen molar-refractivity contribution in [3.63, 3.8) is 0 Å². The molecule has 1 heterocycles. The van der Waals surface area contributed by atoms with E-state index in [1.54, 1.807) is 11.8 Å². The lowest BCUT2D eigenvalue weighted by atomic mass is 9.84.